The number of aryl methyl sites for hydroxylation is 1. The second kappa shape index (κ2) is 7.62. The molecule has 6 rings (SSSR count). The van der Waals surface area contributed by atoms with E-state index in [4.69, 9.17) is 4.74 Å². The number of aliphatic hydroxyl groups is 3. The smallest absolute Gasteiger partial charge is 0.357 e. The van der Waals surface area contributed by atoms with Crippen molar-refractivity contribution in [3.05, 3.63) is 59.1 Å². The number of carbonyl (C=O) groups is 2. The van der Waals surface area contributed by atoms with Gasteiger partial charge in [-0.2, -0.15) is 0 Å². The number of allylic oxidation sites excluding steroid dienone is 1. The zero-order chi connectivity index (χ0) is 26.7. The molecule has 0 saturated heterocycles. The van der Waals surface area contributed by atoms with Crippen molar-refractivity contribution in [2.24, 2.45) is 34.5 Å². The highest BCUT2D eigenvalue weighted by atomic mass is 16.6. The number of nitrogens with zero attached hydrogens (tertiary/aromatic N) is 2. The number of rotatable bonds is 3. The van der Waals surface area contributed by atoms with Gasteiger partial charge >= 0.3 is 5.97 Å². The Balaban J connectivity index is 1.48. The maximum Gasteiger partial charge on any atom is 0.357 e. The number of esters is 1. The van der Waals surface area contributed by atoms with Crippen LogP contribution in [0.15, 0.2) is 47.7 Å². The number of ketones is 1. The molecule has 0 unspecified atom stereocenters. The second-order valence-corrected chi connectivity index (χ2v) is 12.1. The minimum absolute atomic E-state index is 0.0511. The molecule has 2 saturated carbocycles. The summed E-state index contributed by atoms with van der Waals surface area (Å²) in [5.74, 6) is -1.40. The molecule has 1 spiro atoms. The summed E-state index contributed by atoms with van der Waals surface area (Å²) in [5.41, 5.74) is -1.71. The second-order valence-electron chi connectivity index (χ2n) is 12.1. The lowest BCUT2D eigenvalue weighted by atomic mass is 9.59. The number of carbonyl (C=O) groups excluding carboxylic acids is 2. The van der Waals surface area contributed by atoms with Crippen molar-refractivity contribution in [1.82, 2.24) is 9.38 Å². The lowest BCUT2D eigenvalue weighted by Gasteiger charge is -2.48. The van der Waals surface area contributed by atoms with Crippen LogP contribution in [0.5, 0.6) is 0 Å². The van der Waals surface area contributed by atoms with Gasteiger partial charge in [-0.1, -0.05) is 39.0 Å². The topological polar surface area (TPSA) is 121 Å². The quantitative estimate of drug-likeness (QED) is 0.432. The van der Waals surface area contributed by atoms with Crippen molar-refractivity contribution >= 4 is 17.4 Å². The molecular weight excluding hydrogens is 472 g/mol. The van der Waals surface area contributed by atoms with E-state index in [0.717, 1.165) is 0 Å². The van der Waals surface area contributed by atoms with Crippen LogP contribution in [-0.2, 0) is 9.53 Å². The first-order valence-electron chi connectivity index (χ1n) is 13.0. The predicted octanol–water partition coefficient (Wildman–Crippen LogP) is 2.64. The minimum atomic E-state index is -2.16. The fourth-order valence-corrected chi connectivity index (χ4v) is 8.12. The number of aliphatic hydroxyl groups excluding tert-OH is 2. The Bertz CT molecular complexity index is 1400. The maximum absolute atomic E-state index is 14.4. The highest BCUT2D eigenvalue weighted by Crippen LogP contribution is 2.71. The van der Waals surface area contributed by atoms with Crippen LogP contribution >= 0.6 is 0 Å². The number of imidazole rings is 1. The van der Waals surface area contributed by atoms with Crippen molar-refractivity contribution in [3.8, 4) is 0 Å². The van der Waals surface area contributed by atoms with Crippen LogP contribution in [0.2, 0.25) is 0 Å². The molecule has 2 heterocycles. The van der Waals surface area contributed by atoms with E-state index < -0.39 is 41.7 Å². The molecule has 37 heavy (non-hydrogen) atoms. The fourth-order valence-electron chi connectivity index (χ4n) is 8.12. The highest BCUT2D eigenvalue weighted by molar-refractivity contribution is 5.96. The van der Waals surface area contributed by atoms with Gasteiger partial charge in [-0.15, -0.1) is 0 Å². The summed E-state index contributed by atoms with van der Waals surface area (Å²) in [7, 11) is 0. The summed E-state index contributed by atoms with van der Waals surface area (Å²) in [4.78, 5) is 32.5. The summed E-state index contributed by atoms with van der Waals surface area (Å²) in [6, 6.07) is 5.37. The summed E-state index contributed by atoms with van der Waals surface area (Å²) in [6.45, 7) is 9.16. The van der Waals surface area contributed by atoms with Crippen LogP contribution in [0.3, 0.4) is 0 Å². The van der Waals surface area contributed by atoms with E-state index in [1.165, 1.54) is 0 Å². The van der Waals surface area contributed by atoms with Crippen molar-refractivity contribution < 1.29 is 29.6 Å². The molecule has 0 amide bonds. The number of hydrogen-bond acceptors (Lipinski definition) is 7. The number of pyridine rings is 1. The molecule has 8 atom stereocenters. The third-order valence-electron chi connectivity index (χ3n) is 10.0. The van der Waals surface area contributed by atoms with Gasteiger partial charge in [0.05, 0.1) is 17.7 Å². The van der Waals surface area contributed by atoms with Gasteiger partial charge in [0.2, 0.25) is 0 Å². The summed E-state index contributed by atoms with van der Waals surface area (Å²) < 4.78 is 7.64. The van der Waals surface area contributed by atoms with Gasteiger partial charge in [0.15, 0.2) is 23.2 Å². The molecule has 2 fully saturated rings. The number of hydrogen-bond donors (Lipinski definition) is 3. The average molecular weight is 507 g/mol. The average Bonchev–Trinajstić information content (AvgIpc) is 3.14. The molecule has 2 bridgehead atoms. The number of Topliss-reactive ketones (excluding diaryl/α,β-unsaturated/α-hetero) is 1. The molecule has 8 heteroatoms. The monoisotopic (exact) mass is 506 g/mol. The van der Waals surface area contributed by atoms with Crippen molar-refractivity contribution in [3.63, 3.8) is 0 Å². The zero-order valence-corrected chi connectivity index (χ0v) is 21.8. The molecule has 2 aromatic rings. The molecular formula is C29H34N2O6. The van der Waals surface area contributed by atoms with Crippen LogP contribution < -0.4 is 0 Å². The van der Waals surface area contributed by atoms with Gasteiger partial charge in [0, 0.05) is 12.1 Å². The van der Waals surface area contributed by atoms with Crippen LogP contribution in [0.25, 0.3) is 5.65 Å². The van der Waals surface area contributed by atoms with Gasteiger partial charge in [-0.3, -0.25) is 9.20 Å². The fraction of sp³-hybridized carbons (Fsp3) is 0.552. The Morgan fingerprint density at radius 1 is 1.27 bits per heavy atom. The normalized spacial score (nSPS) is 39.7. The minimum Gasteiger partial charge on any atom is -0.450 e. The summed E-state index contributed by atoms with van der Waals surface area (Å²) >= 11 is 0. The van der Waals surface area contributed by atoms with Crippen LogP contribution in [0, 0.1) is 41.4 Å². The van der Waals surface area contributed by atoms with E-state index in [0.29, 0.717) is 23.3 Å². The van der Waals surface area contributed by atoms with E-state index in [1.54, 1.807) is 48.7 Å². The number of ether oxygens (including phenoxy) is 1. The third kappa shape index (κ3) is 2.86. The van der Waals surface area contributed by atoms with Crippen molar-refractivity contribution in [1.29, 1.82) is 0 Å². The van der Waals surface area contributed by atoms with E-state index in [2.05, 4.69) is 18.8 Å². The van der Waals surface area contributed by atoms with Gasteiger partial charge in [0.1, 0.15) is 11.8 Å². The van der Waals surface area contributed by atoms with E-state index >= 15 is 0 Å². The number of fused-ring (bicyclic) bond motifs is 4. The molecule has 0 aromatic carbocycles. The van der Waals surface area contributed by atoms with E-state index in [-0.39, 0.29) is 40.2 Å². The lowest BCUT2D eigenvalue weighted by Crippen LogP contribution is -2.65. The first-order valence-corrected chi connectivity index (χ1v) is 13.0. The molecule has 2 aromatic heterocycles. The van der Waals surface area contributed by atoms with Crippen LogP contribution in [-0.4, -0.2) is 60.9 Å². The van der Waals surface area contributed by atoms with E-state index in [9.17, 15) is 24.9 Å². The SMILES string of the molecule is CC1=C[C@]23C(=O)[C@@H](C=C(CO)[C@@H](O)[C@]2(O)[C@H]1OC(=O)c1c(C)nc2ccccn12)[C@H]1[C@@H](C[C@H]3C)C1(C)C. The molecule has 0 aliphatic heterocycles. The summed E-state index contributed by atoms with van der Waals surface area (Å²) in [6.07, 6.45) is 2.94. The van der Waals surface area contributed by atoms with Gasteiger partial charge in [0.25, 0.3) is 0 Å². The molecule has 3 N–H and O–H groups in total. The Labute approximate surface area is 215 Å². The Hall–Kier alpha value is -2.81. The Morgan fingerprint density at radius 2 is 2.00 bits per heavy atom. The largest absolute Gasteiger partial charge is 0.450 e. The highest BCUT2D eigenvalue weighted by Gasteiger charge is 2.76. The zero-order valence-electron chi connectivity index (χ0n) is 21.8. The molecule has 196 valence electrons. The van der Waals surface area contributed by atoms with Gasteiger partial charge in [-0.05, 0) is 66.7 Å². The van der Waals surface area contributed by atoms with Gasteiger partial charge < -0.3 is 20.1 Å². The summed E-state index contributed by atoms with van der Waals surface area (Å²) in [5, 5.41) is 34.5. The first-order chi connectivity index (χ1) is 17.4. The van der Waals surface area contributed by atoms with Crippen molar-refractivity contribution in [2.75, 3.05) is 6.61 Å². The Morgan fingerprint density at radius 3 is 2.70 bits per heavy atom. The molecule has 0 radical (unpaired) electrons. The molecule has 8 nitrogen and oxygen atoms in total. The van der Waals surface area contributed by atoms with Crippen LogP contribution in [0.1, 0.15) is 50.3 Å². The predicted molar refractivity (Wildman–Crippen MR) is 134 cm³/mol. The molecule has 4 aliphatic rings. The first kappa shape index (κ1) is 24.5. The Kier molecular flexibility index (Phi) is 5.05. The third-order valence-corrected chi connectivity index (χ3v) is 10.0. The molecule has 4 aliphatic carbocycles. The maximum atomic E-state index is 14.4. The van der Waals surface area contributed by atoms with Crippen molar-refractivity contribution in [2.45, 2.75) is 58.8 Å². The standard InChI is InChI=1S/C29H34N2O6/c1-14-12-28-15(2)10-19-21(27(19,4)5)18(24(28)34)11-17(13-32)23(33)29(28,36)25(14)37-26(35)22-16(3)30-20-8-6-7-9-31(20)22/h6-9,11-12,15,18-19,21,23,25,32-33,36H,10,13H2,1-5H3/t15-,18+,19-,21+,23-,25+,28+,29+/m1/s1. The number of aromatic nitrogens is 2. The van der Waals surface area contributed by atoms with Crippen LogP contribution in [0.4, 0.5) is 0 Å². The van der Waals surface area contributed by atoms with Gasteiger partial charge in [-0.25, -0.2) is 9.78 Å². The van der Waals surface area contributed by atoms with E-state index in [1.807, 2.05) is 13.0 Å². The lowest BCUT2D eigenvalue weighted by molar-refractivity contribution is -0.190.